The van der Waals surface area contributed by atoms with Crippen LogP contribution in [0.25, 0.3) is 22.0 Å². The van der Waals surface area contributed by atoms with Crippen LogP contribution >= 0.6 is 0 Å². The molecule has 0 unspecified atom stereocenters. The summed E-state index contributed by atoms with van der Waals surface area (Å²) in [6.45, 7) is 9.48. The molecule has 2 aromatic carbocycles. The predicted octanol–water partition coefficient (Wildman–Crippen LogP) is 6.69. The minimum absolute atomic E-state index is 0.227. The van der Waals surface area contributed by atoms with E-state index < -0.39 is 14.7 Å². The summed E-state index contributed by atoms with van der Waals surface area (Å²) in [5, 5.41) is 5.04. The third-order valence-electron chi connectivity index (χ3n) is 6.59. The van der Waals surface area contributed by atoms with Crippen LogP contribution in [0.5, 0.6) is 5.75 Å². The van der Waals surface area contributed by atoms with Crippen molar-refractivity contribution < 1.29 is 23.0 Å². The maximum absolute atomic E-state index is 13.8. The van der Waals surface area contributed by atoms with Crippen molar-refractivity contribution in [1.82, 2.24) is 19.7 Å². The molecule has 4 rings (SSSR count). The summed E-state index contributed by atoms with van der Waals surface area (Å²) in [6, 6.07) is 12.4. The Morgan fingerprint density at radius 2 is 1.93 bits per heavy atom. The number of halogens is 2. The van der Waals surface area contributed by atoms with E-state index in [0.29, 0.717) is 52.3 Å². The molecule has 0 bridgehead atoms. The number of benzene rings is 2. The average Bonchev–Trinajstić information content (AvgIpc) is 3.35. The molecule has 10 heteroatoms. The van der Waals surface area contributed by atoms with Crippen molar-refractivity contribution in [1.29, 1.82) is 0 Å². The van der Waals surface area contributed by atoms with Crippen LogP contribution in [0.1, 0.15) is 28.5 Å². The van der Waals surface area contributed by atoms with Crippen LogP contribution in [0.2, 0.25) is 25.7 Å². The summed E-state index contributed by atoms with van der Waals surface area (Å²) >= 11 is 0. The van der Waals surface area contributed by atoms with Crippen LogP contribution in [0, 0.1) is 5.82 Å². The van der Waals surface area contributed by atoms with Gasteiger partial charge in [-0.3, -0.25) is 9.78 Å². The summed E-state index contributed by atoms with van der Waals surface area (Å²) in [5.74, 6) is -0.0802. The number of aromatic nitrogens is 3. The topological polar surface area (TPSA) is 69.5 Å². The molecule has 4 aromatic rings. The predicted molar refractivity (Wildman–Crippen MR) is 155 cm³/mol. The standard InChI is InChI=1S/C30H36F2N4O3Si/c1-6-39-28-15-22(10-11-25(28)21-8-7-9-24(32)14-21)30(37)35(2)19-23-17-33-27(16-31)26-18-34-36(29(23)26)20-38-12-13-40(3,4)5/h7-11,14-15,17-18H,6,12-13,16,19-20H2,1-5H3. The van der Waals surface area contributed by atoms with Crippen molar-refractivity contribution in [2.24, 2.45) is 0 Å². The molecule has 0 spiro atoms. The fraction of sp³-hybridized carbons (Fsp3) is 0.367. The van der Waals surface area contributed by atoms with Gasteiger partial charge in [-0.1, -0.05) is 31.8 Å². The van der Waals surface area contributed by atoms with Gasteiger partial charge in [0.15, 0.2) is 0 Å². The highest BCUT2D eigenvalue weighted by atomic mass is 28.3. The number of amides is 1. The molecule has 0 radical (unpaired) electrons. The number of rotatable bonds is 12. The molecule has 0 saturated carbocycles. The molecule has 40 heavy (non-hydrogen) atoms. The lowest BCUT2D eigenvalue weighted by atomic mass is 10.0. The molecular weight excluding hydrogens is 530 g/mol. The van der Waals surface area contributed by atoms with Crippen molar-refractivity contribution in [3.63, 3.8) is 0 Å². The van der Waals surface area contributed by atoms with Crippen molar-refractivity contribution in [2.75, 3.05) is 20.3 Å². The number of nitrogens with zero attached hydrogens (tertiary/aromatic N) is 4. The lowest BCUT2D eigenvalue weighted by molar-refractivity contribution is 0.0781. The van der Waals surface area contributed by atoms with E-state index in [1.165, 1.54) is 12.1 Å². The first kappa shape index (κ1) is 29.4. The molecule has 2 aromatic heterocycles. The maximum Gasteiger partial charge on any atom is 0.254 e. The summed E-state index contributed by atoms with van der Waals surface area (Å²) in [5.41, 5.74) is 3.53. The van der Waals surface area contributed by atoms with E-state index in [1.807, 2.05) is 6.92 Å². The van der Waals surface area contributed by atoms with E-state index in [-0.39, 0.29) is 25.0 Å². The molecule has 0 atom stereocenters. The lowest BCUT2D eigenvalue weighted by Gasteiger charge is -2.20. The zero-order chi connectivity index (χ0) is 28.9. The SMILES string of the molecule is CCOc1cc(C(=O)N(C)Cc2cnc(CF)c3cnn(COCC[Si](C)(C)C)c23)ccc1-c1cccc(F)c1. The van der Waals surface area contributed by atoms with Crippen LogP contribution in [-0.2, 0) is 24.7 Å². The summed E-state index contributed by atoms with van der Waals surface area (Å²) in [7, 11) is 0.453. The number of carbonyl (C=O) groups excluding carboxylic acids is 1. The monoisotopic (exact) mass is 566 g/mol. The highest BCUT2D eigenvalue weighted by Gasteiger charge is 2.20. The number of carbonyl (C=O) groups is 1. The molecule has 2 heterocycles. The molecule has 7 nitrogen and oxygen atoms in total. The fourth-order valence-corrected chi connectivity index (χ4v) is 5.20. The summed E-state index contributed by atoms with van der Waals surface area (Å²) in [4.78, 5) is 19.3. The Morgan fingerprint density at radius 1 is 1.12 bits per heavy atom. The smallest absolute Gasteiger partial charge is 0.254 e. The largest absolute Gasteiger partial charge is 0.493 e. The first-order chi connectivity index (χ1) is 19.1. The molecule has 0 N–H and O–H groups in total. The van der Waals surface area contributed by atoms with Gasteiger partial charge in [-0.15, -0.1) is 0 Å². The van der Waals surface area contributed by atoms with Crippen molar-refractivity contribution in [3.8, 4) is 16.9 Å². The van der Waals surface area contributed by atoms with Gasteiger partial charge in [0.05, 0.1) is 24.0 Å². The lowest BCUT2D eigenvalue weighted by Crippen LogP contribution is -2.27. The number of hydrogen-bond donors (Lipinski definition) is 0. The average molecular weight is 567 g/mol. The fourth-order valence-electron chi connectivity index (χ4n) is 4.44. The second-order valence-corrected chi connectivity index (χ2v) is 16.6. The van der Waals surface area contributed by atoms with E-state index in [0.717, 1.165) is 11.6 Å². The molecule has 0 saturated heterocycles. The third-order valence-corrected chi connectivity index (χ3v) is 8.29. The summed E-state index contributed by atoms with van der Waals surface area (Å²) < 4.78 is 41.0. The Labute approximate surface area is 234 Å². The molecule has 1 amide bonds. The van der Waals surface area contributed by atoms with Gasteiger partial charge in [-0.25, -0.2) is 13.5 Å². The number of fused-ring (bicyclic) bond motifs is 1. The van der Waals surface area contributed by atoms with Crippen LogP contribution in [0.15, 0.2) is 54.9 Å². The first-order valence-corrected chi connectivity index (χ1v) is 17.1. The van der Waals surface area contributed by atoms with Gasteiger partial charge in [0.1, 0.15) is 25.0 Å². The van der Waals surface area contributed by atoms with Crippen molar-refractivity contribution >= 4 is 24.9 Å². The van der Waals surface area contributed by atoms with Gasteiger partial charge in [-0.2, -0.15) is 5.10 Å². The molecule has 212 valence electrons. The highest BCUT2D eigenvalue weighted by Crippen LogP contribution is 2.32. The van der Waals surface area contributed by atoms with Gasteiger partial charge in [0, 0.05) is 56.5 Å². The highest BCUT2D eigenvalue weighted by molar-refractivity contribution is 6.76. The van der Waals surface area contributed by atoms with Gasteiger partial charge >= 0.3 is 0 Å². The number of hydrogen-bond acceptors (Lipinski definition) is 5. The Morgan fingerprint density at radius 3 is 2.62 bits per heavy atom. The van der Waals surface area contributed by atoms with E-state index in [2.05, 4.69) is 29.7 Å². The van der Waals surface area contributed by atoms with Crippen LogP contribution in [0.3, 0.4) is 0 Å². The number of ether oxygens (including phenoxy) is 2. The molecule has 0 aliphatic heterocycles. The third kappa shape index (κ3) is 6.92. The minimum Gasteiger partial charge on any atom is -0.493 e. The van der Waals surface area contributed by atoms with E-state index in [1.54, 1.807) is 59.4 Å². The Balaban J connectivity index is 1.58. The van der Waals surface area contributed by atoms with E-state index >= 15 is 0 Å². The second kappa shape index (κ2) is 12.7. The molecule has 0 aliphatic carbocycles. The number of alkyl halides is 1. The molecule has 0 aliphatic rings. The van der Waals surface area contributed by atoms with Crippen LogP contribution < -0.4 is 4.74 Å². The van der Waals surface area contributed by atoms with Gasteiger partial charge in [0.2, 0.25) is 0 Å². The van der Waals surface area contributed by atoms with Crippen molar-refractivity contribution in [2.45, 2.75) is 52.6 Å². The van der Waals surface area contributed by atoms with Gasteiger partial charge < -0.3 is 14.4 Å². The maximum atomic E-state index is 13.8. The Hall–Kier alpha value is -3.63. The van der Waals surface area contributed by atoms with Gasteiger partial charge in [0.25, 0.3) is 5.91 Å². The van der Waals surface area contributed by atoms with Crippen molar-refractivity contribution in [3.05, 3.63) is 77.5 Å². The zero-order valence-electron chi connectivity index (χ0n) is 23.7. The molecular formula is C30H36F2N4O3Si. The minimum atomic E-state index is -1.24. The Kier molecular flexibility index (Phi) is 9.31. The van der Waals surface area contributed by atoms with E-state index in [9.17, 15) is 13.6 Å². The quantitative estimate of drug-likeness (QED) is 0.141. The Bertz CT molecular complexity index is 1490. The van der Waals surface area contributed by atoms with Gasteiger partial charge in [-0.05, 0) is 48.9 Å². The van der Waals surface area contributed by atoms with E-state index in [4.69, 9.17) is 9.47 Å². The first-order valence-electron chi connectivity index (χ1n) is 13.4. The van der Waals surface area contributed by atoms with Crippen LogP contribution in [0.4, 0.5) is 8.78 Å². The normalized spacial score (nSPS) is 11.7. The van der Waals surface area contributed by atoms with Crippen LogP contribution in [-0.4, -0.2) is 53.9 Å². The zero-order valence-corrected chi connectivity index (χ0v) is 24.7. The second-order valence-electron chi connectivity index (χ2n) is 10.9. The number of pyridine rings is 1. The molecule has 0 fully saturated rings. The summed E-state index contributed by atoms with van der Waals surface area (Å²) in [6.07, 6.45) is 3.20.